The maximum atomic E-state index is 11.4. The molecule has 0 aromatic heterocycles. The SMILES string of the molecule is NS(=O)(=O)c1ccc(N2CCC(NCC3CC3)CC2)c([N+](=O)[O-])c1. The lowest BCUT2D eigenvalue weighted by molar-refractivity contribution is -0.384. The summed E-state index contributed by atoms with van der Waals surface area (Å²) in [6.45, 7) is 2.48. The van der Waals surface area contributed by atoms with Crippen LogP contribution < -0.4 is 15.4 Å². The highest BCUT2D eigenvalue weighted by molar-refractivity contribution is 7.89. The normalized spacial score (nSPS) is 19.5. The van der Waals surface area contributed by atoms with Gasteiger partial charge in [-0.2, -0.15) is 0 Å². The van der Waals surface area contributed by atoms with E-state index in [1.165, 1.54) is 25.0 Å². The summed E-state index contributed by atoms with van der Waals surface area (Å²) in [5, 5.41) is 20.0. The number of anilines is 1. The number of nitro groups is 1. The average molecular weight is 354 g/mol. The Kier molecular flexibility index (Phi) is 4.75. The third kappa shape index (κ3) is 4.03. The summed E-state index contributed by atoms with van der Waals surface area (Å²) in [6.07, 6.45) is 4.46. The maximum absolute atomic E-state index is 11.4. The Labute approximate surface area is 141 Å². The monoisotopic (exact) mass is 354 g/mol. The summed E-state index contributed by atoms with van der Waals surface area (Å²) < 4.78 is 22.8. The first-order chi connectivity index (χ1) is 11.3. The zero-order chi connectivity index (χ0) is 17.3. The fourth-order valence-corrected chi connectivity index (χ4v) is 3.61. The summed E-state index contributed by atoms with van der Waals surface area (Å²) in [4.78, 5) is 12.5. The minimum absolute atomic E-state index is 0.217. The predicted octanol–water partition coefficient (Wildman–Crippen LogP) is 1.21. The Hall–Kier alpha value is -1.71. The quantitative estimate of drug-likeness (QED) is 0.585. The van der Waals surface area contributed by atoms with Crippen LogP contribution in [0.25, 0.3) is 0 Å². The van der Waals surface area contributed by atoms with Gasteiger partial charge >= 0.3 is 0 Å². The highest BCUT2D eigenvalue weighted by Gasteiger charge is 2.28. The summed E-state index contributed by atoms with van der Waals surface area (Å²) >= 11 is 0. The van der Waals surface area contributed by atoms with Crippen LogP contribution in [0.4, 0.5) is 11.4 Å². The molecule has 9 heteroatoms. The van der Waals surface area contributed by atoms with Gasteiger partial charge in [0.15, 0.2) is 0 Å². The van der Waals surface area contributed by atoms with E-state index in [9.17, 15) is 18.5 Å². The zero-order valence-electron chi connectivity index (χ0n) is 13.3. The number of nitrogens with two attached hydrogens (primary N) is 1. The van der Waals surface area contributed by atoms with Crippen molar-refractivity contribution >= 4 is 21.4 Å². The van der Waals surface area contributed by atoms with Crippen molar-refractivity contribution in [3.8, 4) is 0 Å². The number of hydrogen-bond acceptors (Lipinski definition) is 6. The molecular weight excluding hydrogens is 332 g/mol. The number of piperidine rings is 1. The minimum atomic E-state index is -3.96. The molecular formula is C15H22N4O4S. The molecule has 2 fully saturated rings. The van der Waals surface area contributed by atoms with Crippen LogP contribution in [0.5, 0.6) is 0 Å². The van der Waals surface area contributed by atoms with E-state index >= 15 is 0 Å². The summed E-state index contributed by atoms with van der Waals surface area (Å²) in [6, 6.07) is 4.30. The Balaban J connectivity index is 1.71. The second-order valence-corrected chi connectivity index (χ2v) is 8.13. The van der Waals surface area contributed by atoms with Gasteiger partial charge in [-0.3, -0.25) is 10.1 Å². The van der Waals surface area contributed by atoms with Gasteiger partial charge in [-0.05, 0) is 50.3 Å². The van der Waals surface area contributed by atoms with Crippen molar-refractivity contribution in [3.63, 3.8) is 0 Å². The molecule has 0 spiro atoms. The third-order valence-electron chi connectivity index (χ3n) is 4.70. The van der Waals surface area contributed by atoms with E-state index in [0.29, 0.717) is 24.8 Å². The van der Waals surface area contributed by atoms with E-state index < -0.39 is 14.9 Å². The van der Waals surface area contributed by atoms with E-state index in [1.54, 1.807) is 0 Å². The molecule has 132 valence electrons. The molecule has 0 unspecified atom stereocenters. The second kappa shape index (κ2) is 6.66. The van der Waals surface area contributed by atoms with Crippen LogP contribution in [0.2, 0.25) is 0 Å². The molecule has 1 saturated heterocycles. The van der Waals surface area contributed by atoms with Crippen LogP contribution in [-0.4, -0.2) is 39.0 Å². The Morgan fingerprint density at radius 1 is 1.25 bits per heavy atom. The first-order valence-electron chi connectivity index (χ1n) is 8.14. The molecule has 3 N–H and O–H groups in total. The highest BCUT2D eigenvalue weighted by atomic mass is 32.2. The lowest BCUT2D eigenvalue weighted by atomic mass is 10.0. The van der Waals surface area contributed by atoms with Crippen molar-refractivity contribution in [1.29, 1.82) is 0 Å². The average Bonchev–Trinajstić information content (AvgIpc) is 3.36. The van der Waals surface area contributed by atoms with Gasteiger partial charge in [-0.15, -0.1) is 0 Å². The third-order valence-corrected chi connectivity index (χ3v) is 5.61. The topological polar surface area (TPSA) is 119 Å². The van der Waals surface area contributed by atoms with Crippen LogP contribution in [0.3, 0.4) is 0 Å². The Morgan fingerprint density at radius 3 is 2.46 bits per heavy atom. The number of nitrogens with zero attached hydrogens (tertiary/aromatic N) is 2. The van der Waals surface area contributed by atoms with E-state index in [1.807, 2.05) is 4.90 Å². The molecule has 1 aliphatic carbocycles. The van der Waals surface area contributed by atoms with Crippen LogP contribution >= 0.6 is 0 Å². The van der Waals surface area contributed by atoms with Crippen LogP contribution in [0.15, 0.2) is 23.1 Å². The number of sulfonamides is 1. The lowest BCUT2D eigenvalue weighted by Crippen LogP contribution is -2.43. The maximum Gasteiger partial charge on any atom is 0.293 e. The first kappa shape index (κ1) is 17.1. The van der Waals surface area contributed by atoms with Gasteiger partial charge < -0.3 is 10.2 Å². The molecule has 0 amide bonds. The number of primary sulfonamides is 1. The van der Waals surface area contributed by atoms with Gasteiger partial charge in [0.1, 0.15) is 5.69 Å². The van der Waals surface area contributed by atoms with Gasteiger partial charge in [0.2, 0.25) is 10.0 Å². The molecule has 0 radical (unpaired) electrons. The predicted molar refractivity (Wildman–Crippen MR) is 90.4 cm³/mol. The van der Waals surface area contributed by atoms with Crippen molar-refractivity contribution in [3.05, 3.63) is 28.3 Å². The Bertz CT molecular complexity index is 725. The molecule has 3 rings (SSSR count). The number of hydrogen-bond donors (Lipinski definition) is 2. The van der Waals surface area contributed by atoms with Gasteiger partial charge in [0.05, 0.1) is 9.82 Å². The van der Waals surface area contributed by atoms with E-state index in [4.69, 9.17) is 5.14 Å². The molecule has 1 aliphatic heterocycles. The van der Waals surface area contributed by atoms with Crippen molar-refractivity contribution in [2.24, 2.45) is 11.1 Å². The molecule has 8 nitrogen and oxygen atoms in total. The second-order valence-electron chi connectivity index (χ2n) is 6.57. The fourth-order valence-electron chi connectivity index (χ4n) is 3.07. The summed E-state index contributed by atoms with van der Waals surface area (Å²) in [5.74, 6) is 0.829. The zero-order valence-corrected chi connectivity index (χ0v) is 14.2. The smallest absolute Gasteiger partial charge is 0.293 e. The summed E-state index contributed by atoms with van der Waals surface area (Å²) in [5.41, 5.74) is 0.235. The number of rotatable bonds is 6. The largest absolute Gasteiger partial charge is 0.366 e. The van der Waals surface area contributed by atoms with Crippen LogP contribution in [0.1, 0.15) is 25.7 Å². The minimum Gasteiger partial charge on any atom is -0.366 e. The lowest BCUT2D eigenvalue weighted by Gasteiger charge is -2.33. The molecule has 1 aromatic carbocycles. The van der Waals surface area contributed by atoms with Gasteiger partial charge in [0, 0.05) is 25.2 Å². The number of nitro benzene ring substituents is 1. The highest BCUT2D eigenvalue weighted by Crippen LogP contribution is 2.33. The molecule has 24 heavy (non-hydrogen) atoms. The number of nitrogens with one attached hydrogen (secondary N) is 1. The molecule has 0 atom stereocenters. The Morgan fingerprint density at radius 2 is 1.92 bits per heavy atom. The van der Waals surface area contributed by atoms with Crippen molar-refractivity contribution in [2.75, 3.05) is 24.5 Å². The van der Waals surface area contributed by atoms with Crippen molar-refractivity contribution in [2.45, 2.75) is 36.6 Å². The molecule has 1 saturated carbocycles. The van der Waals surface area contributed by atoms with E-state index in [-0.39, 0.29) is 10.6 Å². The summed E-state index contributed by atoms with van der Waals surface area (Å²) in [7, 11) is -3.96. The van der Waals surface area contributed by atoms with Gasteiger partial charge in [-0.25, -0.2) is 13.6 Å². The molecule has 1 aromatic rings. The van der Waals surface area contributed by atoms with Crippen LogP contribution in [0, 0.1) is 16.0 Å². The molecule has 2 aliphatic rings. The molecule has 0 bridgehead atoms. The van der Waals surface area contributed by atoms with Gasteiger partial charge in [-0.1, -0.05) is 0 Å². The van der Waals surface area contributed by atoms with Crippen molar-refractivity contribution < 1.29 is 13.3 Å². The number of benzene rings is 1. The molecule has 1 heterocycles. The first-order valence-corrected chi connectivity index (χ1v) is 9.69. The van der Waals surface area contributed by atoms with E-state index in [0.717, 1.165) is 31.4 Å². The van der Waals surface area contributed by atoms with E-state index in [2.05, 4.69) is 5.32 Å². The standard InChI is InChI=1S/C15H22N4O4S/c16-24(22,23)13-3-4-14(15(9-13)19(20)21)18-7-5-12(6-8-18)17-10-11-1-2-11/h3-4,9,11-12,17H,1-2,5-8,10H2,(H2,16,22,23). The van der Waals surface area contributed by atoms with Crippen LogP contribution in [-0.2, 0) is 10.0 Å². The van der Waals surface area contributed by atoms with Crippen molar-refractivity contribution in [1.82, 2.24) is 5.32 Å². The fraction of sp³-hybridized carbons (Fsp3) is 0.600. The van der Waals surface area contributed by atoms with Gasteiger partial charge in [0.25, 0.3) is 5.69 Å².